The number of likely N-dealkylation sites (N-methyl/N-ethyl adjacent to an activating group) is 1. The molecule has 1 saturated heterocycles. The summed E-state index contributed by atoms with van der Waals surface area (Å²) >= 11 is 0. The summed E-state index contributed by atoms with van der Waals surface area (Å²) in [6, 6.07) is 15.1. The van der Waals surface area contributed by atoms with Crippen LogP contribution >= 0.6 is 24.0 Å². The normalized spacial score (nSPS) is 18.3. The van der Waals surface area contributed by atoms with Crippen molar-refractivity contribution >= 4 is 35.8 Å². The largest absolute Gasteiger partial charge is 0.357 e. The molecule has 0 radical (unpaired) electrons. The number of piperazine rings is 1. The molecule has 168 valence electrons. The van der Waals surface area contributed by atoms with Gasteiger partial charge in [0.15, 0.2) is 5.96 Å². The highest BCUT2D eigenvalue weighted by atomic mass is 127. The van der Waals surface area contributed by atoms with E-state index < -0.39 is 0 Å². The zero-order valence-corrected chi connectivity index (χ0v) is 21.0. The van der Waals surface area contributed by atoms with Gasteiger partial charge in [-0.2, -0.15) is 0 Å². The Kier molecular flexibility index (Phi) is 8.54. The van der Waals surface area contributed by atoms with Gasteiger partial charge in [0, 0.05) is 50.9 Å². The summed E-state index contributed by atoms with van der Waals surface area (Å²) in [5.74, 6) is 1.95. The molecule has 0 amide bonds. The van der Waals surface area contributed by atoms with Gasteiger partial charge in [0.25, 0.3) is 0 Å². The molecule has 7 heteroatoms. The zero-order chi connectivity index (χ0) is 20.8. The Morgan fingerprint density at radius 3 is 2.48 bits per heavy atom. The van der Waals surface area contributed by atoms with E-state index in [9.17, 15) is 0 Å². The van der Waals surface area contributed by atoms with Crippen molar-refractivity contribution in [2.75, 3.05) is 51.2 Å². The lowest BCUT2D eigenvalue weighted by atomic mass is 9.96. The van der Waals surface area contributed by atoms with Crippen LogP contribution in [0, 0.1) is 0 Å². The highest BCUT2D eigenvalue weighted by Crippen LogP contribution is 2.47. The van der Waals surface area contributed by atoms with E-state index >= 15 is 0 Å². The highest BCUT2D eigenvalue weighted by Gasteiger charge is 2.43. The van der Waals surface area contributed by atoms with Crippen LogP contribution in [0.5, 0.6) is 0 Å². The molecule has 2 heterocycles. The molecule has 1 saturated carbocycles. The van der Waals surface area contributed by atoms with Crippen LogP contribution in [0.4, 0.5) is 5.82 Å². The minimum absolute atomic E-state index is 0. The fraction of sp³-hybridized carbons (Fsp3) is 0.500. The summed E-state index contributed by atoms with van der Waals surface area (Å²) < 4.78 is 0. The lowest BCUT2D eigenvalue weighted by Gasteiger charge is -2.33. The maximum Gasteiger partial charge on any atom is 0.191 e. The van der Waals surface area contributed by atoms with Gasteiger partial charge in [0.1, 0.15) is 5.82 Å². The molecule has 2 aromatic rings. The zero-order valence-electron chi connectivity index (χ0n) is 18.7. The minimum Gasteiger partial charge on any atom is -0.357 e. The van der Waals surface area contributed by atoms with Crippen LogP contribution < -0.4 is 15.5 Å². The average molecular weight is 534 g/mol. The highest BCUT2D eigenvalue weighted by molar-refractivity contribution is 14.0. The standard InChI is InChI=1S/C24H34N6.HI/c1-3-25-23(28-19-24(10-11-24)21-7-5-4-6-8-21)27-18-20-9-12-26-22(17-20)30-15-13-29(2)14-16-30;/h4-9,12,17H,3,10-11,13-16,18-19H2,1-2H3,(H2,25,27,28);1H. The monoisotopic (exact) mass is 534 g/mol. The summed E-state index contributed by atoms with van der Waals surface area (Å²) in [5.41, 5.74) is 2.89. The van der Waals surface area contributed by atoms with Gasteiger partial charge in [-0.15, -0.1) is 24.0 Å². The molecule has 2 aliphatic rings. The number of hydrogen-bond acceptors (Lipinski definition) is 4. The van der Waals surface area contributed by atoms with E-state index in [1.54, 1.807) is 0 Å². The van der Waals surface area contributed by atoms with Crippen molar-refractivity contribution in [2.45, 2.75) is 31.7 Å². The number of aliphatic imine (C=N–C) groups is 1. The Morgan fingerprint density at radius 1 is 1.06 bits per heavy atom. The molecule has 1 aliphatic carbocycles. The number of guanidine groups is 1. The summed E-state index contributed by atoms with van der Waals surface area (Å²) in [5, 5.41) is 6.98. The molecule has 6 nitrogen and oxygen atoms in total. The second-order valence-electron chi connectivity index (χ2n) is 8.51. The third-order valence-corrected chi connectivity index (χ3v) is 6.24. The molecule has 1 aromatic heterocycles. The minimum atomic E-state index is 0. The lowest BCUT2D eigenvalue weighted by molar-refractivity contribution is 0.312. The number of benzene rings is 1. The van der Waals surface area contributed by atoms with Gasteiger partial charge in [0.05, 0.1) is 6.54 Å². The van der Waals surface area contributed by atoms with Crippen LogP contribution in [0.25, 0.3) is 0 Å². The van der Waals surface area contributed by atoms with Crippen LogP contribution in [0.3, 0.4) is 0 Å². The van der Waals surface area contributed by atoms with Gasteiger partial charge in [-0.3, -0.25) is 0 Å². The first-order chi connectivity index (χ1) is 14.7. The van der Waals surface area contributed by atoms with E-state index in [1.807, 2.05) is 6.20 Å². The van der Waals surface area contributed by atoms with E-state index in [4.69, 9.17) is 4.99 Å². The van der Waals surface area contributed by atoms with Crippen LogP contribution in [-0.2, 0) is 12.0 Å². The first kappa shape index (κ1) is 23.8. The predicted molar refractivity (Wildman–Crippen MR) is 140 cm³/mol. The quantitative estimate of drug-likeness (QED) is 0.325. The van der Waals surface area contributed by atoms with E-state index in [2.05, 4.69) is 81.9 Å². The third-order valence-electron chi connectivity index (χ3n) is 6.24. The van der Waals surface area contributed by atoms with E-state index in [-0.39, 0.29) is 29.4 Å². The number of pyridine rings is 1. The van der Waals surface area contributed by atoms with E-state index in [1.165, 1.54) is 24.0 Å². The summed E-state index contributed by atoms with van der Waals surface area (Å²) in [6.07, 6.45) is 4.39. The van der Waals surface area contributed by atoms with Crippen molar-refractivity contribution in [2.24, 2.45) is 4.99 Å². The molecule has 1 aliphatic heterocycles. The summed E-state index contributed by atoms with van der Waals surface area (Å²) in [6.45, 7) is 8.77. The number of anilines is 1. The molecule has 2 N–H and O–H groups in total. The van der Waals surface area contributed by atoms with Gasteiger partial charge < -0.3 is 20.4 Å². The van der Waals surface area contributed by atoms with Gasteiger partial charge in [-0.05, 0) is 50.1 Å². The van der Waals surface area contributed by atoms with Crippen molar-refractivity contribution in [3.05, 3.63) is 59.8 Å². The van der Waals surface area contributed by atoms with Crippen molar-refractivity contribution in [3.8, 4) is 0 Å². The predicted octanol–water partition coefficient (Wildman–Crippen LogP) is 3.24. The Bertz CT molecular complexity index is 844. The average Bonchev–Trinajstić information content (AvgIpc) is 3.58. The van der Waals surface area contributed by atoms with E-state index in [0.717, 1.165) is 51.0 Å². The molecule has 0 bridgehead atoms. The molecule has 31 heavy (non-hydrogen) atoms. The number of rotatable bonds is 7. The molecule has 0 unspecified atom stereocenters. The van der Waals surface area contributed by atoms with Crippen molar-refractivity contribution in [1.82, 2.24) is 20.5 Å². The Hall–Kier alpha value is -1.87. The fourth-order valence-electron chi connectivity index (χ4n) is 4.04. The SMILES string of the molecule is CCNC(=NCc1ccnc(N2CCN(C)CC2)c1)NCC1(c2ccccc2)CC1.I. The van der Waals surface area contributed by atoms with Gasteiger partial charge >= 0.3 is 0 Å². The molecule has 0 spiro atoms. The number of nitrogens with zero attached hydrogens (tertiary/aromatic N) is 4. The van der Waals surface area contributed by atoms with Crippen molar-refractivity contribution in [1.29, 1.82) is 0 Å². The van der Waals surface area contributed by atoms with Crippen LogP contribution in [0.15, 0.2) is 53.7 Å². The molecular formula is C24H35IN6. The molecule has 1 aromatic carbocycles. The molecule has 2 fully saturated rings. The number of aromatic nitrogens is 1. The maximum atomic E-state index is 4.85. The molecule has 4 rings (SSSR count). The number of hydrogen-bond donors (Lipinski definition) is 2. The molecule has 0 atom stereocenters. The van der Waals surface area contributed by atoms with Crippen LogP contribution in [0.1, 0.15) is 30.9 Å². The number of halogens is 1. The maximum absolute atomic E-state index is 4.85. The van der Waals surface area contributed by atoms with Crippen LogP contribution in [0.2, 0.25) is 0 Å². The lowest BCUT2D eigenvalue weighted by Crippen LogP contribution is -2.44. The first-order valence-corrected chi connectivity index (χ1v) is 11.1. The summed E-state index contributed by atoms with van der Waals surface area (Å²) in [7, 11) is 2.18. The molecular weight excluding hydrogens is 499 g/mol. The second kappa shape index (κ2) is 11.1. The van der Waals surface area contributed by atoms with Gasteiger partial charge in [0.2, 0.25) is 0 Å². The van der Waals surface area contributed by atoms with Crippen molar-refractivity contribution < 1.29 is 0 Å². The number of nitrogens with one attached hydrogen (secondary N) is 2. The fourth-order valence-corrected chi connectivity index (χ4v) is 4.04. The van der Waals surface area contributed by atoms with E-state index in [0.29, 0.717) is 6.54 Å². The topological polar surface area (TPSA) is 55.8 Å². The Balaban J connectivity index is 0.00000272. The first-order valence-electron chi connectivity index (χ1n) is 11.1. The van der Waals surface area contributed by atoms with Gasteiger partial charge in [-0.25, -0.2) is 9.98 Å². The second-order valence-corrected chi connectivity index (χ2v) is 8.51. The van der Waals surface area contributed by atoms with Crippen molar-refractivity contribution in [3.63, 3.8) is 0 Å². The Labute approximate surface area is 203 Å². The Morgan fingerprint density at radius 2 is 1.81 bits per heavy atom. The smallest absolute Gasteiger partial charge is 0.191 e. The summed E-state index contributed by atoms with van der Waals surface area (Å²) in [4.78, 5) is 14.2. The van der Waals surface area contributed by atoms with Gasteiger partial charge in [-0.1, -0.05) is 30.3 Å². The van der Waals surface area contributed by atoms with Crippen LogP contribution in [-0.4, -0.2) is 62.2 Å². The third kappa shape index (κ3) is 6.32.